The van der Waals surface area contributed by atoms with Crippen LogP contribution in [0.4, 0.5) is 18.0 Å². The van der Waals surface area contributed by atoms with Crippen LogP contribution in [0.15, 0.2) is 36.7 Å². The average molecular weight is 342 g/mol. The normalized spacial score (nSPS) is 12.7. The number of aromatic nitrogens is 2. The number of hydrogen-bond acceptors (Lipinski definition) is 3. The molecular formula is C15H17F3N4O2. The van der Waals surface area contributed by atoms with Crippen molar-refractivity contribution in [3.63, 3.8) is 0 Å². The Labute approximate surface area is 136 Å². The Morgan fingerprint density at radius 2 is 2.12 bits per heavy atom. The Balaban J connectivity index is 1.84. The van der Waals surface area contributed by atoms with Gasteiger partial charge in [-0.1, -0.05) is 12.1 Å². The minimum absolute atomic E-state index is 0.0809. The van der Waals surface area contributed by atoms with E-state index in [0.29, 0.717) is 0 Å². The minimum atomic E-state index is -4.48. The van der Waals surface area contributed by atoms with E-state index in [4.69, 9.17) is 0 Å². The predicted octanol–water partition coefficient (Wildman–Crippen LogP) is 1.97. The highest BCUT2D eigenvalue weighted by atomic mass is 19.4. The Bertz CT molecular complexity index is 700. The third-order valence-corrected chi connectivity index (χ3v) is 3.27. The van der Waals surface area contributed by atoms with Crippen LogP contribution in [-0.2, 0) is 19.8 Å². The minimum Gasteiger partial charge on any atom is -0.387 e. The van der Waals surface area contributed by atoms with Gasteiger partial charge in [-0.2, -0.15) is 18.3 Å². The quantitative estimate of drug-likeness (QED) is 0.777. The van der Waals surface area contributed by atoms with E-state index >= 15 is 0 Å². The van der Waals surface area contributed by atoms with Crippen LogP contribution in [0.1, 0.15) is 22.8 Å². The Morgan fingerprint density at radius 1 is 1.38 bits per heavy atom. The number of aliphatic hydroxyl groups excluding tert-OH is 1. The molecule has 0 fully saturated rings. The summed E-state index contributed by atoms with van der Waals surface area (Å²) in [7, 11) is 1.75. The maximum atomic E-state index is 12.6. The van der Waals surface area contributed by atoms with Gasteiger partial charge in [0, 0.05) is 31.9 Å². The number of hydrogen-bond donors (Lipinski definition) is 3. The lowest BCUT2D eigenvalue weighted by molar-refractivity contribution is -0.137. The number of nitrogens with zero attached hydrogens (tertiary/aromatic N) is 2. The number of aryl methyl sites for hydroxylation is 1. The lowest BCUT2D eigenvalue weighted by Gasteiger charge is -2.14. The largest absolute Gasteiger partial charge is 0.416 e. The summed E-state index contributed by atoms with van der Waals surface area (Å²) in [5, 5.41) is 18.8. The molecule has 0 radical (unpaired) electrons. The molecule has 0 bridgehead atoms. The van der Waals surface area contributed by atoms with E-state index in [2.05, 4.69) is 15.7 Å². The van der Waals surface area contributed by atoms with Crippen molar-refractivity contribution in [3.8, 4) is 0 Å². The zero-order valence-electron chi connectivity index (χ0n) is 12.8. The number of alkyl halides is 3. The van der Waals surface area contributed by atoms with Gasteiger partial charge in [0.05, 0.1) is 17.9 Å². The first-order valence-corrected chi connectivity index (χ1v) is 7.10. The standard InChI is InChI=1S/C15H17F3N4O2/c1-22-9-10(7-21-22)6-19-14(24)20-8-13(23)11-3-2-4-12(5-11)15(16,17)18/h2-5,7,9,13,23H,6,8H2,1H3,(H2,19,20,24). The SMILES string of the molecule is Cn1cc(CNC(=O)NCC(O)c2cccc(C(F)(F)F)c2)cn1. The van der Waals surface area contributed by atoms with Gasteiger partial charge in [-0.3, -0.25) is 4.68 Å². The molecule has 130 valence electrons. The predicted molar refractivity (Wildman–Crippen MR) is 79.9 cm³/mol. The van der Waals surface area contributed by atoms with E-state index < -0.39 is 23.9 Å². The molecule has 6 nitrogen and oxygen atoms in total. The molecule has 2 amide bonds. The first-order valence-electron chi connectivity index (χ1n) is 7.10. The van der Waals surface area contributed by atoms with E-state index in [-0.39, 0.29) is 18.7 Å². The number of halogens is 3. The Hall–Kier alpha value is -2.55. The Kier molecular flexibility index (Phi) is 5.45. The number of urea groups is 1. The number of carbonyl (C=O) groups is 1. The van der Waals surface area contributed by atoms with Crippen molar-refractivity contribution in [2.75, 3.05) is 6.54 Å². The third kappa shape index (κ3) is 4.98. The summed E-state index contributed by atoms with van der Waals surface area (Å²) < 4.78 is 39.5. The van der Waals surface area contributed by atoms with Gasteiger partial charge in [0.1, 0.15) is 0 Å². The van der Waals surface area contributed by atoms with Gasteiger partial charge in [-0.15, -0.1) is 0 Å². The molecule has 9 heteroatoms. The monoisotopic (exact) mass is 342 g/mol. The van der Waals surface area contributed by atoms with Crippen molar-refractivity contribution in [3.05, 3.63) is 53.3 Å². The molecule has 0 aliphatic heterocycles. The smallest absolute Gasteiger partial charge is 0.387 e. The van der Waals surface area contributed by atoms with Crippen LogP contribution in [0.3, 0.4) is 0 Å². The van der Waals surface area contributed by atoms with E-state index in [1.165, 1.54) is 12.1 Å². The lowest BCUT2D eigenvalue weighted by Crippen LogP contribution is -2.37. The highest BCUT2D eigenvalue weighted by molar-refractivity contribution is 5.73. The number of carbonyl (C=O) groups excluding carboxylic acids is 1. The van der Waals surface area contributed by atoms with E-state index in [9.17, 15) is 23.1 Å². The van der Waals surface area contributed by atoms with Gasteiger partial charge < -0.3 is 15.7 Å². The second-order valence-corrected chi connectivity index (χ2v) is 5.22. The fraction of sp³-hybridized carbons (Fsp3) is 0.333. The van der Waals surface area contributed by atoms with Crippen LogP contribution in [0.2, 0.25) is 0 Å². The van der Waals surface area contributed by atoms with Gasteiger partial charge >= 0.3 is 12.2 Å². The zero-order chi connectivity index (χ0) is 17.7. The van der Waals surface area contributed by atoms with Crippen LogP contribution in [0, 0.1) is 0 Å². The van der Waals surface area contributed by atoms with Crippen LogP contribution in [0.25, 0.3) is 0 Å². The maximum absolute atomic E-state index is 12.6. The van der Waals surface area contributed by atoms with Crippen LogP contribution >= 0.6 is 0 Å². The third-order valence-electron chi connectivity index (χ3n) is 3.27. The molecule has 0 aliphatic rings. The number of aliphatic hydroxyl groups is 1. The first-order chi connectivity index (χ1) is 11.3. The van der Waals surface area contributed by atoms with Gasteiger partial charge in [0.25, 0.3) is 0 Å². The molecule has 24 heavy (non-hydrogen) atoms. The van der Waals surface area contributed by atoms with Gasteiger partial charge in [-0.05, 0) is 17.7 Å². The highest BCUT2D eigenvalue weighted by Crippen LogP contribution is 2.30. The molecule has 0 saturated carbocycles. The molecular weight excluding hydrogens is 325 g/mol. The van der Waals surface area contributed by atoms with Crippen LogP contribution < -0.4 is 10.6 Å². The molecule has 0 saturated heterocycles. The lowest BCUT2D eigenvalue weighted by atomic mass is 10.1. The first kappa shape index (κ1) is 17.8. The number of nitrogens with one attached hydrogen (secondary N) is 2. The van der Waals surface area contributed by atoms with Crippen molar-refractivity contribution in [1.82, 2.24) is 20.4 Å². The van der Waals surface area contributed by atoms with E-state index in [1.54, 1.807) is 24.1 Å². The number of benzene rings is 1. The van der Waals surface area contributed by atoms with Crippen LogP contribution in [-0.4, -0.2) is 27.5 Å². The molecule has 1 aromatic carbocycles. The molecule has 0 aliphatic carbocycles. The van der Waals surface area contributed by atoms with E-state index in [0.717, 1.165) is 17.7 Å². The fourth-order valence-corrected chi connectivity index (χ4v) is 2.04. The topological polar surface area (TPSA) is 79.2 Å². The Morgan fingerprint density at radius 3 is 2.75 bits per heavy atom. The molecule has 1 unspecified atom stereocenters. The molecule has 1 atom stereocenters. The van der Waals surface area contributed by atoms with Crippen molar-refractivity contribution in [1.29, 1.82) is 0 Å². The highest BCUT2D eigenvalue weighted by Gasteiger charge is 2.30. The second-order valence-electron chi connectivity index (χ2n) is 5.22. The molecule has 1 aromatic heterocycles. The zero-order valence-corrected chi connectivity index (χ0v) is 12.8. The summed E-state index contributed by atoms with van der Waals surface area (Å²) in [6.45, 7) is 0.0412. The second kappa shape index (κ2) is 7.35. The van der Waals surface area contributed by atoms with Crippen molar-refractivity contribution < 1.29 is 23.1 Å². The molecule has 0 spiro atoms. The number of amides is 2. The van der Waals surface area contributed by atoms with Crippen LogP contribution in [0.5, 0.6) is 0 Å². The van der Waals surface area contributed by atoms with Gasteiger partial charge in [-0.25, -0.2) is 4.79 Å². The molecule has 3 N–H and O–H groups in total. The molecule has 2 aromatic rings. The summed E-state index contributed by atoms with van der Waals surface area (Å²) >= 11 is 0. The maximum Gasteiger partial charge on any atom is 0.416 e. The van der Waals surface area contributed by atoms with Gasteiger partial charge in [0.15, 0.2) is 0 Å². The van der Waals surface area contributed by atoms with Gasteiger partial charge in [0.2, 0.25) is 0 Å². The summed E-state index contributed by atoms with van der Waals surface area (Å²) in [5.41, 5.74) is 0.0311. The molecule has 1 heterocycles. The summed E-state index contributed by atoms with van der Waals surface area (Å²) in [6, 6.07) is 3.83. The average Bonchev–Trinajstić information content (AvgIpc) is 2.95. The molecule has 2 rings (SSSR count). The number of rotatable bonds is 5. The van der Waals surface area contributed by atoms with Crippen molar-refractivity contribution >= 4 is 6.03 Å². The van der Waals surface area contributed by atoms with Crippen molar-refractivity contribution in [2.45, 2.75) is 18.8 Å². The summed E-state index contributed by atoms with van der Waals surface area (Å²) in [4.78, 5) is 11.6. The van der Waals surface area contributed by atoms with E-state index in [1.807, 2.05) is 0 Å². The van der Waals surface area contributed by atoms with Crippen molar-refractivity contribution in [2.24, 2.45) is 7.05 Å². The summed E-state index contributed by atoms with van der Waals surface area (Å²) in [6.07, 6.45) is -2.39. The fourth-order valence-electron chi connectivity index (χ4n) is 2.04. The summed E-state index contributed by atoms with van der Waals surface area (Å²) in [5.74, 6) is 0.